The van der Waals surface area contributed by atoms with Gasteiger partial charge in [0.05, 0.1) is 0 Å². The Bertz CT molecular complexity index is 476. The lowest BCUT2D eigenvalue weighted by Crippen LogP contribution is -1.80. The SMILES string of the molecule is C/N=C\c1cc2c(SC)ncnc2s1. The number of fused-ring (bicyclic) bond motifs is 1. The third-order valence-corrected chi connectivity index (χ3v) is 3.45. The summed E-state index contributed by atoms with van der Waals surface area (Å²) in [5.41, 5.74) is 0. The molecule has 0 radical (unpaired) electrons. The second kappa shape index (κ2) is 4.06. The van der Waals surface area contributed by atoms with Crippen molar-refractivity contribution in [2.75, 3.05) is 13.3 Å². The molecule has 0 amide bonds. The monoisotopic (exact) mass is 223 g/mol. The molecule has 14 heavy (non-hydrogen) atoms. The summed E-state index contributed by atoms with van der Waals surface area (Å²) in [6.07, 6.45) is 5.47. The highest BCUT2D eigenvalue weighted by molar-refractivity contribution is 7.98. The molecule has 0 saturated heterocycles. The van der Waals surface area contributed by atoms with Crippen molar-refractivity contribution >= 4 is 39.5 Å². The molecule has 0 aliphatic heterocycles. The van der Waals surface area contributed by atoms with Gasteiger partial charge in [0.1, 0.15) is 16.2 Å². The fourth-order valence-electron chi connectivity index (χ4n) is 1.21. The summed E-state index contributed by atoms with van der Waals surface area (Å²) in [4.78, 5) is 14.6. The van der Waals surface area contributed by atoms with E-state index in [0.717, 1.165) is 20.1 Å². The number of hydrogen-bond donors (Lipinski definition) is 0. The highest BCUT2D eigenvalue weighted by Crippen LogP contribution is 2.28. The van der Waals surface area contributed by atoms with E-state index in [1.54, 1.807) is 36.5 Å². The van der Waals surface area contributed by atoms with Crippen molar-refractivity contribution in [2.45, 2.75) is 5.03 Å². The predicted molar refractivity (Wildman–Crippen MR) is 62.7 cm³/mol. The summed E-state index contributed by atoms with van der Waals surface area (Å²) in [5.74, 6) is 0. The van der Waals surface area contributed by atoms with E-state index in [2.05, 4.69) is 21.0 Å². The van der Waals surface area contributed by atoms with Crippen molar-refractivity contribution in [3.05, 3.63) is 17.3 Å². The van der Waals surface area contributed by atoms with Crippen LogP contribution in [0.25, 0.3) is 10.2 Å². The Morgan fingerprint density at radius 1 is 1.50 bits per heavy atom. The minimum absolute atomic E-state index is 1.03. The molecule has 0 aliphatic rings. The summed E-state index contributed by atoms with van der Waals surface area (Å²) in [7, 11) is 1.77. The van der Waals surface area contributed by atoms with Gasteiger partial charge in [-0.1, -0.05) is 0 Å². The second-order valence-corrected chi connectivity index (χ2v) is 4.50. The van der Waals surface area contributed by atoms with E-state index in [1.807, 2.05) is 12.5 Å². The zero-order valence-electron chi connectivity index (χ0n) is 7.89. The Balaban J connectivity index is 2.64. The van der Waals surface area contributed by atoms with Crippen molar-refractivity contribution in [1.82, 2.24) is 9.97 Å². The van der Waals surface area contributed by atoms with Crippen LogP contribution in [0.3, 0.4) is 0 Å². The largest absolute Gasteiger partial charge is 0.295 e. The lowest BCUT2D eigenvalue weighted by atomic mass is 10.4. The van der Waals surface area contributed by atoms with E-state index >= 15 is 0 Å². The molecule has 3 nitrogen and oxygen atoms in total. The van der Waals surface area contributed by atoms with Crippen molar-refractivity contribution in [2.24, 2.45) is 4.99 Å². The first-order valence-electron chi connectivity index (χ1n) is 4.06. The second-order valence-electron chi connectivity index (χ2n) is 2.64. The van der Waals surface area contributed by atoms with Gasteiger partial charge in [0, 0.05) is 23.5 Å². The topological polar surface area (TPSA) is 38.1 Å². The normalized spacial score (nSPS) is 11.6. The molecule has 0 aromatic carbocycles. The van der Waals surface area contributed by atoms with E-state index < -0.39 is 0 Å². The maximum Gasteiger partial charge on any atom is 0.128 e. The standard InChI is InChI=1S/C9H9N3S2/c1-10-4-6-3-7-8(13-2)11-5-12-9(7)14-6/h3-5H,1-2H3/b10-4-. The maximum atomic E-state index is 4.23. The van der Waals surface area contributed by atoms with Crippen LogP contribution < -0.4 is 0 Å². The van der Waals surface area contributed by atoms with Gasteiger partial charge in [-0.25, -0.2) is 9.97 Å². The van der Waals surface area contributed by atoms with Gasteiger partial charge in [-0.05, 0) is 12.3 Å². The van der Waals surface area contributed by atoms with Crippen LogP contribution in [0.15, 0.2) is 22.4 Å². The molecule has 72 valence electrons. The van der Waals surface area contributed by atoms with Crippen LogP contribution in [0.2, 0.25) is 0 Å². The Hall–Kier alpha value is -0.940. The summed E-state index contributed by atoms with van der Waals surface area (Å²) < 4.78 is 0. The fraction of sp³-hybridized carbons (Fsp3) is 0.222. The molecule has 2 aromatic heterocycles. The molecule has 0 saturated carbocycles. The minimum atomic E-state index is 1.03. The number of thioether (sulfide) groups is 1. The van der Waals surface area contributed by atoms with Gasteiger partial charge in [-0.3, -0.25) is 4.99 Å². The van der Waals surface area contributed by atoms with E-state index in [1.165, 1.54) is 0 Å². The fourth-order valence-corrected chi connectivity index (χ4v) is 2.72. The van der Waals surface area contributed by atoms with E-state index in [-0.39, 0.29) is 0 Å². The van der Waals surface area contributed by atoms with Crippen LogP contribution in [0, 0.1) is 0 Å². The molecule has 2 aromatic rings. The van der Waals surface area contributed by atoms with Crippen molar-refractivity contribution in [3.63, 3.8) is 0 Å². The number of rotatable bonds is 2. The van der Waals surface area contributed by atoms with Gasteiger partial charge in [-0.2, -0.15) is 0 Å². The Morgan fingerprint density at radius 2 is 2.36 bits per heavy atom. The smallest absolute Gasteiger partial charge is 0.128 e. The van der Waals surface area contributed by atoms with Gasteiger partial charge in [0.15, 0.2) is 0 Å². The van der Waals surface area contributed by atoms with Gasteiger partial charge in [0.25, 0.3) is 0 Å². The Morgan fingerprint density at radius 3 is 3.07 bits per heavy atom. The van der Waals surface area contributed by atoms with Crippen molar-refractivity contribution in [3.8, 4) is 0 Å². The van der Waals surface area contributed by atoms with Crippen LogP contribution in [0.5, 0.6) is 0 Å². The van der Waals surface area contributed by atoms with Crippen molar-refractivity contribution < 1.29 is 0 Å². The molecule has 0 aliphatic carbocycles. The number of aliphatic imine (C=N–C) groups is 1. The Labute approximate surface area is 90.3 Å². The molecule has 0 spiro atoms. The molecular formula is C9H9N3S2. The van der Waals surface area contributed by atoms with Crippen molar-refractivity contribution in [1.29, 1.82) is 0 Å². The molecule has 0 fully saturated rings. The first-order valence-corrected chi connectivity index (χ1v) is 6.10. The van der Waals surface area contributed by atoms with Gasteiger partial charge in [0.2, 0.25) is 0 Å². The molecule has 0 unspecified atom stereocenters. The number of nitrogens with zero attached hydrogens (tertiary/aromatic N) is 3. The number of hydrogen-bond acceptors (Lipinski definition) is 5. The third kappa shape index (κ3) is 1.65. The summed E-state index contributed by atoms with van der Waals surface area (Å²) in [5, 5.41) is 2.15. The lowest BCUT2D eigenvalue weighted by molar-refractivity contribution is 1.11. The summed E-state index contributed by atoms with van der Waals surface area (Å²) >= 11 is 3.28. The summed E-state index contributed by atoms with van der Waals surface area (Å²) in [6.45, 7) is 0. The molecular weight excluding hydrogens is 214 g/mol. The molecule has 5 heteroatoms. The highest BCUT2D eigenvalue weighted by atomic mass is 32.2. The first-order chi connectivity index (χ1) is 6.85. The first kappa shape index (κ1) is 9.61. The van der Waals surface area contributed by atoms with Crippen LogP contribution in [0.1, 0.15) is 4.88 Å². The maximum absolute atomic E-state index is 4.23. The molecule has 0 atom stereocenters. The zero-order chi connectivity index (χ0) is 9.97. The van der Waals surface area contributed by atoms with Crippen LogP contribution >= 0.6 is 23.1 Å². The average Bonchev–Trinajstić information content (AvgIpc) is 2.60. The van der Waals surface area contributed by atoms with Gasteiger partial charge in [-0.15, -0.1) is 23.1 Å². The number of thiophene rings is 1. The lowest BCUT2D eigenvalue weighted by Gasteiger charge is -1.94. The highest BCUT2D eigenvalue weighted by Gasteiger charge is 2.06. The zero-order valence-corrected chi connectivity index (χ0v) is 9.52. The van der Waals surface area contributed by atoms with Crippen LogP contribution in [-0.2, 0) is 0 Å². The van der Waals surface area contributed by atoms with E-state index in [9.17, 15) is 0 Å². The average molecular weight is 223 g/mol. The summed E-state index contributed by atoms with van der Waals surface area (Å²) in [6, 6.07) is 2.08. The predicted octanol–water partition coefficient (Wildman–Crippen LogP) is 2.46. The Kier molecular flexibility index (Phi) is 2.79. The van der Waals surface area contributed by atoms with Gasteiger partial charge < -0.3 is 0 Å². The molecule has 0 N–H and O–H groups in total. The molecule has 0 bridgehead atoms. The quantitative estimate of drug-likeness (QED) is 0.446. The van der Waals surface area contributed by atoms with Crippen LogP contribution in [0.4, 0.5) is 0 Å². The van der Waals surface area contributed by atoms with E-state index in [4.69, 9.17) is 0 Å². The molecule has 2 rings (SSSR count). The van der Waals surface area contributed by atoms with Crippen LogP contribution in [-0.4, -0.2) is 29.5 Å². The number of aromatic nitrogens is 2. The molecule has 2 heterocycles. The van der Waals surface area contributed by atoms with E-state index in [0.29, 0.717) is 0 Å². The minimum Gasteiger partial charge on any atom is -0.295 e. The van der Waals surface area contributed by atoms with Gasteiger partial charge >= 0.3 is 0 Å². The third-order valence-electron chi connectivity index (χ3n) is 1.76.